The van der Waals surface area contributed by atoms with Gasteiger partial charge in [0.25, 0.3) is 7.82 Å². The van der Waals surface area contributed by atoms with Gasteiger partial charge in [-0.2, -0.15) is 0 Å². The smallest absolute Gasteiger partial charge is 0.268 e. The van der Waals surface area contributed by atoms with Crippen LogP contribution in [0.15, 0.2) is 24.7 Å². The monoisotopic (exact) mass is 561 g/mol. The molecule has 7 nitrogen and oxygen atoms in total. The summed E-state index contributed by atoms with van der Waals surface area (Å²) in [7, 11) is 1.52. The Kier molecular flexibility index (Phi) is 24.6. The average Bonchev–Trinajstić information content (AvgIpc) is 2.85. The molecule has 0 aromatic carbocycles. The van der Waals surface area contributed by atoms with E-state index in [1.807, 2.05) is 33.3 Å². The molecule has 0 amide bonds. The minimum Gasteiger partial charge on any atom is -0.756 e. The second-order valence-corrected chi connectivity index (χ2v) is 12.7. The molecule has 8 heteroatoms. The van der Waals surface area contributed by atoms with E-state index in [9.17, 15) is 9.46 Å². The van der Waals surface area contributed by atoms with Crippen molar-refractivity contribution in [2.24, 2.45) is 0 Å². The van der Waals surface area contributed by atoms with Crippen molar-refractivity contribution in [1.29, 1.82) is 0 Å². The summed E-state index contributed by atoms with van der Waals surface area (Å²) in [5.41, 5.74) is 0. The van der Waals surface area contributed by atoms with E-state index in [1.54, 1.807) is 12.5 Å². The number of allylic oxidation sites excluding steroid dienone is 2. The summed E-state index contributed by atoms with van der Waals surface area (Å²) in [6.07, 6.45) is 26.5. The molecule has 0 saturated heterocycles. The molecule has 0 radical (unpaired) electrons. The first kappa shape index (κ1) is 37.1. The molecule has 0 aromatic heterocycles. The highest BCUT2D eigenvalue weighted by molar-refractivity contribution is 7.45. The fraction of sp³-hybridized carbons (Fsp3) is 0.867. The van der Waals surface area contributed by atoms with Gasteiger partial charge in [-0.05, 0) is 37.8 Å². The van der Waals surface area contributed by atoms with Crippen LogP contribution < -0.4 is 4.89 Å². The van der Waals surface area contributed by atoms with Crippen LogP contribution >= 0.6 is 7.82 Å². The zero-order valence-electron chi connectivity index (χ0n) is 25.4. The number of nitrogens with zero attached hydrogens (tertiary/aromatic N) is 1. The fourth-order valence-electron chi connectivity index (χ4n) is 3.74. The minimum absolute atomic E-state index is 0.0754. The average molecular weight is 562 g/mol. The highest BCUT2D eigenvalue weighted by Gasteiger charge is 2.17. The van der Waals surface area contributed by atoms with Crippen LogP contribution in [-0.4, -0.2) is 58.1 Å². The Morgan fingerprint density at radius 2 is 1.21 bits per heavy atom. The van der Waals surface area contributed by atoms with Gasteiger partial charge in [-0.25, -0.2) is 0 Å². The lowest BCUT2D eigenvalue weighted by Crippen LogP contribution is -2.37. The van der Waals surface area contributed by atoms with Crippen molar-refractivity contribution < 1.29 is 32.5 Å². The van der Waals surface area contributed by atoms with Gasteiger partial charge in [-0.1, -0.05) is 90.9 Å². The van der Waals surface area contributed by atoms with E-state index in [1.165, 1.54) is 77.0 Å². The summed E-state index contributed by atoms with van der Waals surface area (Å²) in [6.45, 7) is 5.15. The van der Waals surface area contributed by atoms with Crippen LogP contribution in [0, 0.1) is 0 Å². The molecule has 0 heterocycles. The van der Waals surface area contributed by atoms with Gasteiger partial charge in [0, 0.05) is 0 Å². The number of quaternary nitrogens is 1. The van der Waals surface area contributed by atoms with Crippen molar-refractivity contribution in [2.45, 2.75) is 123 Å². The van der Waals surface area contributed by atoms with Crippen LogP contribution in [0.4, 0.5) is 0 Å². The van der Waals surface area contributed by atoms with Gasteiger partial charge >= 0.3 is 0 Å². The lowest BCUT2D eigenvalue weighted by atomic mass is 10.1. The first-order valence-electron chi connectivity index (χ1n) is 15.2. The van der Waals surface area contributed by atoms with Gasteiger partial charge in [-0.15, -0.1) is 0 Å². The molecule has 0 bridgehead atoms. The molecule has 0 N–H and O–H groups in total. The third-order valence-electron chi connectivity index (χ3n) is 6.22. The van der Waals surface area contributed by atoms with Crippen molar-refractivity contribution in [3.05, 3.63) is 24.7 Å². The van der Waals surface area contributed by atoms with Crippen LogP contribution in [0.5, 0.6) is 0 Å². The van der Waals surface area contributed by atoms with Gasteiger partial charge < -0.3 is 27.9 Å². The van der Waals surface area contributed by atoms with Crippen molar-refractivity contribution in [1.82, 2.24) is 0 Å². The van der Waals surface area contributed by atoms with Crippen LogP contribution in [0.2, 0.25) is 0 Å². The number of ether oxygens (including phenoxy) is 2. The molecule has 0 saturated carbocycles. The van der Waals surface area contributed by atoms with E-state index < -0.39 is 13.9 Å². The number of likely N-dealkylation sites (N-methyl/N-ethyl adjacent to an activating group) is 1. The number of phosphoric acid groups is 1. The fourth-order valence-corrected chi connectivity index (χ4v) is 4.47. The molecule has 0 rings (SSSR count). The maximum absolute atomic E-state index is 12.2. The van der Waals surface area contributed by atoms with E-state index in [-0.39, 0.29) is 19.8 Å². The lowest BCUT2D eigenvalue weighted by Gasteiger charge is -2.28. The summed E-state index contributed by atoms with van der Waals surface area (Å²) < 4.78 is 34.3. The first-order chi connectivity index (χ1) is 18.2. The minimum atomic E-state index is -4.40. The predicted molar refractivity (Wildman–Crippen MR) is 157 cm³/mol. The van der Waals surface area contributed by atoms with E-state index in [2.05, 4.69) is 13.8 Å². The number of hydrogen-bond acceptors (Lipinski definition) is 6. The van der Waals surface area contributed by atoms with Crippen LogP contribution in [-0.2, 0) is 23.1 Å². The van der Waals surface area contributed by atoms with Crippen LogP contribution in [0.25, 0.3) is 0 Å². The van der Waals surface area contributed by atoms with E-state index in [0.29, 0.717) is 11.0 Å². The molecule has 0 aliphatic carbocycles. The number of phosphoric ester groups is 1. The van der Waals surface area contributed by atoms with Gasteiger partial charge in [0.05, 0.1) is 40.3 Å². The largest absolute Gasteiger partial charge is 0.756 e. The molecular formula is C30H60NO6P. The molecule has 226 valence electrons. The summed E-state index contributed by atoms with van der Waals surface area (Å²) in [5.74, 6) is 0. The number of unbranched alkanes of at least 4 members (excludes halogenated alkanes) is 14. The third kappa shape index (κ3) is 28.2. The van der Waals surface area contributed by atoms with Crippen LogP contribution in [0.1, 0.15) is 117 Å². The first-order valence-corrected chi connectivity index (χ1v) is 16.6. The topological polar surface area (TPSA) is 77.1 Å². The Balaban J connectivity index is 4.39. The maximum atomic E-state index is 12.2. The molecule has 0 aromatic rings. The Hall–Kier alpha value is -0.850. The van der Waals surface area contributed by atoms with E-state index >= 15 is 0 Å². The zero-order chi connectivity index (χ0) is 28.4. The van der Waals surface area contributed by atoms with Gasteiger partial charge in [0.15, 0.2) is 6.10 Å². The zero-order valence-corrected chi connectivity index (χ0v) is 26.3. The Morgan fingerprint density at radius 1 is 0.711 bits per heavy atom. The summed E-state index contributed by atoms with van der Waals surface area (Å²) in [6, 6.07) is 0. The lowest BCUT2D eigenvalue weighted by molar-refractivity contribution is -0.870. The van der Waals surface area contributed by atoms with E-state index in [0.717, 1.165) is 25.7 Å². The summed E-state index contributed by atoms with van der Waals surface area (Å²) in [4.78, 5) is 12.2. The molecule has 0 aliphatic rings. The predicted octanol–water partition coefficient (Wildman–Crippen LogP) is 7.90. The molecule has 0 spiro atoms. The molecule has 0 fully saturated rings. The Bertz CT molecular complexity index is 620. The second kappa shape index (κ2) is 25.1. The Labute approximate surface area is 235 Å². The molecular weight excluding hydrogens is 501 g/mol. The number of hydrogen-bond donors (Lipinski definition) is 0. The highest BCUT2D eigenvalue weighted by Crippen LogP contribution is 2.38. The molecule has 1 unspecified atom stereocenters. The van der Waals surface area contributed by atoms with Crippen molar-refractivity contribution in [3.8, 4) is 0 Å². The molecule has 0 aliphatic heterocycles. The number of rotatable bonds is 28. The van der Waals surface area contributed by atoms with Gasteiger partial charge in [0.1, 0.15) is 19.8 Å². The SMILES string of the molecule is CCCCCCCCCC=COC[C@H](COP(=O)([O-])OCC[N+](C)(C)C)OC=CCCCCCCCCC. The van der Waals surface area contributed by atoms with Crippen molar-refractivity contribution in [2.75, 3.05) is 47.5 Å². The molecule has 38 heavy (non-hydrogen) atoms. The van der Waals surface area contributed by atoms with Gasteiger partial charge in [0.2, 0.25) is 0 Å². The third-order valence-corrected chi connectivity index (χ3v) is 7.18. The normalized spacial score (nSPS) is 14.8. The van der Waals surface area contributed by atoms with Crippen LogP contribution in [0.3, 0.4) is 0 Å². The standard InChI is InChI=1S/C30H60NO6P/c1-6-8-10-12-14-16-18-20-22-25-34-28-30(29-37-38(32,33)36-27-24-31(3,4)5)35-26-23-21-19-17-15-13-11-9-7-2/h22-23,25-26,30H,6-21,24,27-29H2,1-5H3/t30-/m1/s1. The summed E-state index contributed by atoms with van der Waals surface area (Å²) in [5, 5.41) is 0. The van der Waals surface area contributed by atoms with E-state index in [4.69, 9.17) is 18.5 Å². The van der Waals surface area contributed by atoms with Gasteiger partial charge in [-0.3, -0.25) is 4.57 Å². The maximum Gasteiger partial charge on any atom is 0.268 e. The second-order valence-electron chi connectivity index (χ2n) is 11.2. The quantitative estimate of drug-likeness (QED) is 0.0418. The summed E-state index contributed by atoms with van der Waals surface area (Å²) >= 11 is 0. The Morgan fingerprint density at radius 3 is 1.74 bits per heavy atom. The van der Waals surface area contributed by atoms with Crippen molar-refractivity contribution in [3.63, 3.8) is 0 Å². The highest BCUT2D eigenvalue weighted by atomic mass is 31.2. The van der Waals surface area contributed by atoms with Crippen molar-refractivity contribution >= 4 is 7.82 Å². The molecule has 2 atom stereocenters.